The van der Waals surface area contributed by atoms with Crippen LogP contribution in [0.25, 0.3) is 0 Å². The van der Waals surface area contributed by atoms with Crippen LogP contribution in [0, 0.1) is 5.82 Å². The fraction of sp³-hybridized carbons (Fsp3) is 0.520. The van der Waals surface area contributed by atoms with Crippen LogP contribution in [0.2, 0.25) is 0 Å². The Hall–Kier alpha value is -2.25. The largest absolute Gasteiger partial charge is 0.488 e. The number of rotatable bonds is 8. The maximum atomic E-state index is 14.8. The zero-order valence-corrected chi connectivity index (χ0v) is 20.0. The van der Waals surface area contributed by atoms with E-state index in [2.05, 4.69) is 10.6 Å². The van der Waals surface area contributed by atoms with E-state index < -0.39 is 48.3 Å². The average molecular weight is 512 g/mol. The van der Waals surface area contributed by atoms with Crippen LogP contribution < -0.4 is 15.4 Å². The molecule has 4 rings (SSSR count). The van der Waals surface area contributed by atoms with Gasteiger partial charge in [-0.25, -0.2) is 4.39 Å². The minimum Gasteiger partial charge on any atom is -0.488 e. The molecule has 2 aliphatic heterocycles. The van der Waals surface area contributed by atoms with Gasteiger partial charge in [-0.2, -0.15) is 8.78 Å². The molecular weight excluding hydrogens is 479 g/mol. The lowest BCUT2D eigenvalue weighted by atomic mass is 10.0. The van der Waals surface area contributed by atoms with Gasteiger partial charge < -0.3 is 25.2 Å². The summed E-state index contributed by atoms with van der Waals surface area (Å²) in [5, 5.41) is 45.9. The van der Waals surface area contributed by atoms with E-state index >= 15 is 0 Å². The molecule has 8 nitrogen and oxygen atoms in total. The number of benzene rings is 2. The molecule has 2 aromatic rings. The number of halogens is 3. The molecule has 0 radical (unpaired) electrons. The number of aliphatic hydroxyl groups excluding tert-OH is 4. The van der Waals surface area contributed by atoms with Gasteiger partial charge in [0.05, 0.1) is 12.1 Å². The quantitative estimate of drug-likeness (QED) is 0.298. The van der Waals surface area contributed by atoms with E-state index in [1.54, 1.807) is 36.9 Å². The van der Waals surface area contributed by atoms with Crippen molar-refractivity contribution in [3.63, 3.8) is 0 Å². The van der Waals surface area contributed by atoms with E-state index in [1.165, 1.54) is 0 Å². The molecule has 1 unspecified atom stereocenters. The number of ether oxygens (including phenoxy) is 1. The first-order valence-corrected chi connectivity index (χ1v) is 11.9. The van der Waals surface area contributed by atoms with Crippen LogP contribution in [0.15, 0.2) is 36.4 Å². The highest BCUT2D eigenvalue weighted by molar-refractivity contribution is 5.37. The molecule has 1 fully saturated rings. The Morgan fingerprint density at radius 3 is 2.56 bits per heavy atom. The zero-order valence-electron chi connectivity index (χ0n) is 20.0. The SMILES string of the molecule is CC(C)Oc1ccc(C(F)(F)[C@H](O)NCc2ccc3c(c2)CN(C2CC[C@H](O)N[C@@H]2O)[C@H]3O)cc1F. The molecule has 36 heavy (non-hydrogen) atoms. The van der Waals surface area contributed by atoms with Gasteiger partial charge in [-0.15, -0.1) is 0 Å². The molecule has 1 saturated heterocycles. The average Bonchev–Trinajstić information content (AvgIpc) is 3.13. The summed E-state index contributed by atoms with van der Waals surface area (Å²) in [5.41, 5.74) is 1.32. The van der Waals surface area contributed by atoms with Crippen LogP contribution in [-0.2, 0) is 19.0 Å². The highest BCUT2D eigenvalue weighted by atomic mass is 19.3. The number of hydrogen-bond acceptors (Lipinski definition) is 8. The first-order valence-electron chi connectivity index (χ1n) is 11.9. The molecule has 0 spiro atoms. The Kier molecular flexibility index (Phi) is 7.91. The number of alkyl halides is 2. The molecule has 2 aliphatic rings. The second-order valence-corrected chi connectivity index (χ2v) is 9.57. The van der Waals surface area contributed by atoms with Crippen molar-refractivity contribution in [1.29, 1.82) is 0 Å². The van der Waals surface area contributed by atoms with Crippen molar-refractivity contribution in [3.8, 4) is 5.75 Å². The van der Waals surface area contributed by atoms with Crippen molar-refractivity contribution in [2.45, 2.75) is 82.8 Å². The lowest BCUT2D eigenvalue weighted by Gasteiger charge is -2.39. The summed E-state index contributed by atoms with van der Waals surface area (Å²) in [6.45, 7) is 3.60. The summed E-state index contributed by atoms with van der Waals surface area (Å²) >= 11 is 0. The third-order valence-corrected chi connectivity index (χ3v) is 6.56. The fourth-order valence-electron chi connectivity index (χ4n) is 4.70. The van der Waals surface area contributed by atoms with Crippen molar-refractivity contribution in [2.75, 3.05) is 0 Å². The maximum Gasteiger partial charge on any atom is 0.311 e. The van der Waals surface area contributed by atoms with Crippen LogP contribution in [0.3, 0.4) is 0 Å². The minimum atomic E-state index is -3.77. The molecule has 2 heterocycles. The number of piperidine rings is 1. The summed E-state index contributed by atoms with van der Waals surface area (Å²) in [7, 11) is 0. The van der Waals surface area contributed by atoms with Gasteiger partial charge in [-0.3, -0.25) is 15.5 Å². The Labute approximate surface area is 207 Å². The molecule has 0 aromatic heterocycles. The van der Waals surface area contributed by atoms with E-state index in [0.29, 0.717) is 36.6 Å². The Bertz CT molecular complexity index is 1070. The van der Waals surface area contributed by atoms with Crippen LogP contribution in [0.5, 0.6) is 5.75 Å². The first kappa shape index (κ1) is 26.8. The second-order valence-electron chi connectivity index (χ2n) is 9.57. The second kappa shape index (κ2) is 10.6. The van der Waals surface area contributed by atoms with Crippen LogP contribution in [-0.4, -0.2) is 56.2 Å². The standard InChI is InChI=1S/C25H32F3N3O5/c1-13(2)36-20-7-4-16(10-18(20)26)25(27,28)24(35)29-11-14-3-5-17-15(9-14)12-31(23(17)34)19-6-8-21(32)30-22(19)33/h3-5,7,9-10,13,19,21-24,29-30,32-35H,6,8,11-12H2,1-2H3/t19?,21-,22+,23-,24-/m0/s1. The van der Waals surface area contributed by atoms with Gasteiger partial charge in [0.1, 0.15) is 18.7 Å². The highest BCUT2D eigenvalue weighted by Gasteiger charge is 2.42. The zero-order chi connectivity index (χ0) is 26.2. The lowest BCUT2D eigenvalue weighted by molar-refractivity contribution is -0.130. The monoisotopic (exact) mass is 511 g/mol. The van der Waals surface area contributed by atoms with E-state index in [4.69, 9.17) is 4.74 Å². The van der Waals surface area contributed by atoms with Gasteiger partial charge in [-0.05, 0) is 61.6 Å². The molecular formula is C25H32F3N3O5. The third-order valence-electron chi connectivity index (χ3n) is 6.56. The topological polar surface area (TPSA) is 117 Å². The van der Waals surface area contributed by atoms with E-state index in [-0.39, 0.29) is 18.4 Å². The molecule has 6 N–H and O–H groups in total. The summed E-state index contributed by atoms with van der Waals surface area (Å²) in [5.74, 6) is -4.85. The predicted molar refractivity (Wildman–Crippen MR) is 124 cm³/mol. The van der Waals surface area contributed by atoms with Crippen molar-refractivity contribution in [1.82, 2.24) is 15.5 Å². The fourth-order valence-corrected chi connectivity index (χ4v) is 4.70. The Balaban J connectivity index is 1.40. The van der Waals surface area contributed by atoms with E-state index in [1.807, 2.05) is 0 Å². The first-order chi connectivity index (χ1) is 17.0. The number of nitrogens with one attached hydrogen (secondary N) is 2. The molecule has 0 aliphatic carbocycles. The van der Waals surface area contributed by atoms with E-state index in [0.717, 1.165) is 17.7 Å². The van der Waals surface area contributed by atoms with Gasteiger partial charge in [0, 0.05) is 18.7 Å². The number of nitrogens with zero attached hydrogens (tertiary/aromatic N) is 1. The van der Waals surface area contributed by atoms with Gasteiger partial charge in [0.25, 0.3) is 0 Å². The third kappa shape index (κ3) is 5.52. The molecule has 0 bridgehead atoms. The van der Waals surface area contributed by atoms with Crippen molar-refractivity contribution in [2.24, 2.45) is 0 Å². The van der Waals surface area contributed by atoms with Gasteiger partial charge in [-0.1, -0.05) is 18.2 Å². The maximum absolute atomic E-state index is 14.8. The predicted octanol–water partition coefficient (Wildman–Crippen LogP) is 2.01. The van der Waals surface area contributed by atoms with Crippen LogP contribution in [0.4, 0.5) is 13.2 Å². The Morgan fingerprint density at radius 2 is 1.89 bits per heavy atom. The lowest BCUT2D eigenvalue weighted by Crippen LogP contribution is -2.56. The van der Waals surface area contributed by atoms with Crippen LogP contribution >= 0.6 is 0 Å². The Morgan fingerprint density at radius 1 is 1.14 bits per heavy atom. The molecule has 198 valence electrons. The van der Waals surface area contributed by atoms with Gasteiger partial charge >= 0.3 is 5.92 Å². The normalized spacial score (nSPS) is 25.7. The van der Waals surface area contributed by atoms with Crippen molar-refractivity contribution in [3.05, 3.63) is 64.5 Å². The number of aliphatic hydroxyl groups is 4. The number of fused-ring (bicyclic) bond motifs is 1. The summed E-state index contributed by atoms with van der Waals surface area (Å²) < 4.78 is 49.1. The highest BCUT2D eigenvalue weighted by Crippen LogP contribution is 2.37. The summed E-state index contributed by atoms with van der Waals surface area (Å²) in [4.78, 5) is 1.72. The number of hydrogen-bond donors (Lipinski definition) is 6. The smallest absolute Gasteiger partial charge is 0.311 e. The van der Waals surface area contributed by atoms with Crippen molar-refractivity contribution >= 4 is 0 Å². The van der Waals surface area contributed by atoms with Gasteiger partial charge in [0.2, 0.25) is 0 Å². The molecule has 0 saturated carbocycles. The summed E-state index contributed by atoms with van der Waals surface area (Å²) in [6, 6.07) is 7.46. The van der Waals surface area contributed by atoms with E-state index in [9.17, 15) is 33.6 Å². The van der Waals surface area contributed by atoms with Crippen LogP contribution in [0.1, 0.15) is 55.2 Å². The summed E-state index contributed by atoms with van der Waals surface area (Å²) in [6.07, 6.45) is -4.45. The van der Waals surface area contributed by atoms with Gasteiger partial charge in [0.15, 0.2) is 17.8 Å². The van der Waals surface area contributed by atoms with Crippen molar-refractivity contribution < 1.29 is 38.3 Å². The molecule has 11 heteroatoms. The molecule has 2 aromatic carbocycles. The minimum absolute atomic E-state index is 0.100. The molecule has 0 amide bonds. The molecule has 5 atom stereocenters.